The maximum atomic E-state index is 4.35. The highest BCUT2D eigenvalue weighted by Gasteiger charge is 2.13. The quantitative estimate of drug-likeness (QED) is 0.639. The SMILES string of the molecule is C=CN=C1C(C)=CC=C/C1=C(\C)C(C)C. The molecule has 0 saturated carbocycles. The lowest BCUT2D eigenvalue weighted by Gasteiger charge is -2.17. The second-order valence-electron chi connectivity index (χ2n) is 4.12. The van der Waals surface area contributed by atoms with Crippen LogP contribution in [0.15, 0.2) is 52.7 Å². The van der Waals surface area contributed by atoms with Gasteiger partial charge in [-0.3, -0.25) is 4.99 Å². The van der Waals surface area contributed by atoms with Gasteiger partial charge in [0, 0.05) is 6.20 Å². The van der Waals surface area contributed by atoms with Gasteiger partial charge in [0.15, 0.2) is 0 Å². The predicted molar refractivity (Wildman–Crippen MR) is 68.1 cm³/mol. The van der Waals surface area contributed by atoms with Crippen molar-refractivity contribution in [1.82, 2.24) is 0 Å². The standard InChI is InChI=1S/C14H19N/c1-6-15-14-11(4)8-7-9-13(14)12(5)10(2)3/h6-10H,1H2,2-5H3/b13-12-,15-14?. The van der Waals surface area contributed by atoms with Gasteiger partial charge in [0.2, 0.25) is 0 Å². The first kappa shape index (κ1) is 11.7. The van der Waals surface area contributed by atoms with Crippen LogP contribution in [0.5, 0.6) is 0 Å². The van der Waals surface area contributed by atoms with Gasteiger partial charge in [-0.1, -0.05) is 44.2 Å². The summed E-state index contributed by atoms with van der Waals surface area (Å²) < 4.78 is 0. The molecule has 0 fully saturated rings. The van der Waals surface area contributed by atoms with Crippen molar-refractivity contribution in [3.8, 4) is 0 Å². The molecule has 0 aromatic carbocycles. The summed E-state index contributed by atoms with van der Waals surface area (Å²) in [4.78, 5) is 4.35. The van der Waals surface area contributed by atoms with Gasteiger partial charge in [-0.25, -0.2) is 0 Å². The largest absolute Gasteiger partial charge is 0.257 e. The molecule has 0 radical (unpaired) electrons. The molecule has 80 valence electrons. The van der Waals surface area contributed by atoms with Crippen molar-refractivity contribution in [2.45, 2.75) is 27.7 Å². The predicted octanol–water partition coefficient (Wildman–Crippen LogP) is 4.06. The van der Waals surface area contributed by atoms with Gasteiger partial charge in [0.05, 0.1) is 5.71 Å². The smallest absolute Gasteiger partial charge is 0.0730 e. The van der Waals surface area contributed by atoms with Crippen molar-refractivity contribution in [2.75, 3.05) is 0 Å². The molecular weight excluding hydrogens is 182 g/mol. The zero-order valence-electron chi connectivity index (χ0n) is 10.0. The summed E-state index contributed by atoms with van der Waals surface area (Å²) in [7, 11) is 0. The third-order valence-electron chi connectivity index (χ3n) is 2.75. The van der Waals surface area contributed by atoms with E-state index in [9.17, 15) is 0 Å². The van der Waals surface area contributed by atoms with Crippen LogP contribution in [0.4, 0.5) is 0 Å². The molecule has 0 heterocycles. The molecule has 0 atom stereocenters. The minimum atomic E-state index is 0.547. The van der Waals surface area contributed by atoms with Gasteiger partial charge >= 0.3 is 0 Å². The second-order valence-corrected chi connectivity index (χ2v) is 4.12. The fourth-order valence-corrected chi connectivity index (χ4v) is 1.55. The van der Waals surface area contributed by atoms with Gasteiger partial charge < -0.3 is 0 Å². The molecule has 1 aliphatic carbocycles. The molecule has 0 aromatic heterocycles. The number of aliphatic imine (C=N–C) groups is 1. The maximum absolute atomic E-state index is 4.35. The molecule has 0 N–H and O–H groups in total. The lowest BCUT2D eigenvalue weighted by Crippen LogP contribution is -2.10. The zero-order valence-corrected chi connectivity index (χ0v) is 10.0. The summed E-state index contributed by atoms with van der Waals surface area (Å²) in [5.74, 6) is 0.547. The Kier molecular flexibility index (Phi) is 3.84. The summed E-state index contributed by atoms with van der Waals surface area (Å²) in [6, 6.07) is 0. The van der Waals surface area contributed by atoms with Gasteiger partial charge in [0.25, 0.3) is 0 Å². The topological polar surface area (TPSA) is 12.4 Å². The Labute approximate surface area is 92.6 Å². The summed E-state index contributed by atoms with van der Waals surface area (Å²) in [5, 5.41) is 0. The van der Waals surface area contributed by atoms with Gasteiger partial charge in [-0.2, -0.15) is 0 Å². The van der Waals surface area contributed by atoms with Crippen molar-refractivity contribution >= 4 is 5.71 Å². The summed E-state index contributed by atoms with van der Waals surface area (Å²) in [6.45, 7) is 12.3. The molecule has 0 saturated heterocycles. The Morgan fingerprint density at radius 2 is 2.13 bits per heavy atom. The summed E-state index contributed by atoms with van der Waals surface area (Å²) in [5.41, 5.74) is 4.87. The molecule has 1 nitrogen and oxygen atoms in total. The third kappa shape index (κ3) is 2.56. The number of allylic oxidation sites excluding steroid dienone is 6. The minimum absolute atomic E-state index is 0.547. The van der Waals surface area contributed by atoms with Crippen LogP contribution in [0.25, 0.3) is 0 Å². The number of hydrogen-bond acceptors (Lipinski definition) is 1. The van der Waals surface area contributed by atoms with Crippen LogP contribution >= 0.6 is 0 Å². The highest BCUT2D eigenvalue weighted by molar-refractivity contribution is 6.15. The number of nitrogens with zero attached hydrogens (tertiary/aromatic N) is 1. The van der Waals surface area contributed by atoms with E-state index in [-0.39, 0.29) is 0 Å². The Balaban J connectivity index is 3.26. The Morgan fingerprint density at radius 3 is 2.67 bits per heavy atom. The number of hydrogen-bond donors (Lipinski definition) is 0. The minimum Gasteiger partial charge on any atom is -0.257 e. The van der Waals surface area contributed by atoms with Crippen LogP contribution in [0.3, 0.4) is 0 Å². The van der Waals surface area contributed by atoms with Gasteiger partial charge in [-0.15, -0.1) is 0 Å². The van der Waals surface area contributed by atoms with Crippen LogP contribution in [0, 0.1) is 5.92 Å². The first-order chi connectivity index (χ1) is 7.07. The van der Waals surface area contributed by atoms with Gasteiger partial charge in [0.1, 0.15) is 0 Å². The maximum Gasteiger partial charge on any atom is 0.0730 e. The molecule has 1 heteroatoms. The average Bonchev–Trinajstić information content (AvgIpc) is 2.20. The lowest BCUT2D eigenvalue weighted by atomic mass is 9.90. The molecule has 0 unspecified atom stereocenters. The van der Waals surface area contributed by atoms with Crippen molar-refractivity contribution in [3.05, 3.63) is 47.7 Å². The van der Waals surface area contributed by atoms with Gasteiger partial charge in [-0.05, 0) is 30.9 Å². The molecule has 1 aliphatic rings. The van der Waals surface area contributed by atoms with E-state index in [1.165, 1.54) is 16.7 Å². The van der Waals surface area contributed by atoms with E-state index in [1.54, 1.807) is 6.20 Å². The van der Waals surface area contributed by atoms with Crippen molar-refractivity contribution in [3.63, 3.8) is 0 Å². The molecule has 0 amide bonds. The van der Waals surface area contributed by atoms with Crippen LogP contribution in [0.2, 0.25) is 0 Å². The molecular formula is C14H19N. The molecule has 0 bridgehead atoms. The Hall–Kier alpha value is -1.37. The van der Waals surface area contributed by atoms with E-state index in [0.29, 0.717) is 5.92 Å². The zero-order chi connectivity index (χ0) is 11.4. The number of rotatable bonds is 2. The van der Waals surface area contributed by atoms with Crippen molar-refractivity contribution in [1.29, 1.82) is 0 Å². The van der Waals surface area contributed by atoms with Crippen LogP contribution in [-0.2, 0) is 0 Å². The first-order valence-corrected chi connectivity index (χ1v) is 5.33. The Bertz CT molecular complexity index is 376. The summed E-state index contributed by atoms with van der Waals surface area (Å²) >= 11 is 0. The normalized spacial score (nSPS) is 21.9. The van der Waals surface area contributed by atoms with Crippen molar-refractivity contribution in [2.24, 2.45) is 10.9 Å². The molecule has 15 heavy (non-hydrogen) atoms. The van der Waals surface area contributed by atoms with E-state index in [0.717, 1.165) is 5.71 Å². The van der Waals surface area contributed by atoms with Crippen LogP contribution in [0.1, 0.15) is 27.7 Å². The molecule has 1 rings (SSSR count). The molecule has 0 aromatic rings. The van der Waals surface area contributed by atoms with E-state index in [2.05, 4.69) is 57.5 Å². The molecule has 0 spiro atoms. The van der Waals surface area contributed by atoms with E-state index >= 15 is 0 Å². The van der Waals surface area contributed by atoms with Crippen LogP contribution < -0.4 is 0 Å². The fourth-order valence-electron chi connectivity index (χ4n) is 1.55. The lowest BCUT2D eigenvalue weighted by molar-refractivity contribution is 0.765. The fraction of sp³-hybridized carbons (Fsp3) is 0.357. The van der Waals surface area contributed by atoms with Crippen LogP contribution in [-0.4, -0.2) is 5.71 Å². The monoisotopic (exact) mass is 201 g/mol. The average molecular weight is 201 g/mol. The van der Waals surface area contributed by atoms with E-state index < -0.39 is 0 Å². The highest BCUT2D eigenvalue weighted by atomic mass is 14.7. The van der Waals surface area contributed by atoms with E-state index in [4.69, 9.17) is 0 Å². The van der Waals surface area contributed by atoms with Crippen molar-refractivity contribution < 1.29 is 0 Å². The van der Waals surface area contributed by atoms with E-state index in [1.807, 2.05) is 0 Å². The molecule has 0 aliphatic heterocycles. The summed E-state index contributed by atoms with van der Waals surface area (Å²) in [6.07, 6.45) is 7.90. The third-order valence-corrected chi connectivity index (χ3v) is 2.75. The first-order valence-electron chi connectivity index (χ1n) is 5.33. The highest BCUT2D eigenvalue weighted by Crippen LogP contribution is 2.23. The second kappa shape index (κ2) is 4.92. The Morgan fingerprint density at radius 1 is 1.47 bits per heavy atom.